The predicted molar refractivity (Wildman–Crippen MR) is 121 cm³/mol. The Morgan fingerprint density at radius 1 is 1.18 bits per heavy atom. The van der Waals surface area contributed by atoms with E-state index in [1.807, 2.05) is 48.5 Å². The number of carbonyl (C=O) groups is 1. The van der Waals surface area contributed by atoms with Gasteiger partial charge in [-0.1, -0.05) is 39.8 Å². The Morgan fingerprint density at radius 3 is 2.64 bits per heavy atom. The minimum absolute atomic E-state index is 0.204. The van der Waals surface area contributed by atoms with Crippen LogP contribution in [0.25, 0.3) is 0 Å². The van der Waals surface area contributed by atoms with Crippen molar-refractivity contribution in [3.8, 4) is 5.75 Å². The zero-order chi connectivity index (χ0) is 20.2. The van der Waals surface area contributed by atoms with Gasteiger partial charge in [-0.15, -0.1) is 0 Å². The quantitative estimate of drug-likeness (QED) is 0.151. The van der Waals surface area contributed by atoms with E-state index in [1.54, 1.807) is 34.9 Å². The first-order valence-electron chi connectivity index (χ1n) is 8.32. The minimum atomic E-state index is -0.204. The molecule has 0 saturated carbocycles. The van der Waals surface area contributed by atoms with Crippen molar-refractivity contribution < 1.29 is 14.3 Å². The molecule has 2 aromatic carbocycles. The lowest BCUT2D eigenvalue weighted by atomic mass is 10.2. The highest BCUT2D eigenvalue weighted by Crippen LogP contribution is 2.33. The van der Waals surface area contributed by atoms with E-state index >= 15 is 0 Å². The second-order valence-electron chi connectivity index (χ2n) is 5.32. The highest BCUT2D eigenvalue weighted by Gasteiger charge is 2.04. The average Bonchev–Trinajstić information content (AvgIpc) is 2.72. The number of methoxy groups -OCH3 is 2. The van der Waals surface area contributed by atoms with E-state index in [0.717, 1.165) is 21.9 Å². The van der Waals surface area contributed by atoms with Crippen molar-refractivity contribution in [3.63, 3.8) is 0 Å². The SMILES string of the molecule is COC(=O)CCSSc1ccccc1/C=N/NC(=S)Nc1ccc(OC)cc1. The monoisotopic (exact) mass is 435 g/mol. The fourth-order valence-electron chi connectivity index (χ4n) is 1.99. The molecule has 2 rings (SSSR count). The standard InChI is InChI=1S/C19H21N3O3S3/c1-24-16-9-7-15(8-10-16)21-19(26)22-20-13-14-5-3-4-6-17(14)28-27-12-11-18(23)25-2/h3-10,13H,11-12H2,1-2H3,(H2,21,22,26)/b20-13+. The van der Waals surface area contributed by atoms with E-state index in [-0.39, 0.29) is 5.97 Å². The summed E-state index contributed by atoms with van der Waals surface area (Å²) in [6.45, 7) is 0. The van der Waals surface area contributed by atoms with Crippen LogP contribution >= 0.6 is 33.8 Å². The Bertz CT molecular complexity index is 814. The van der Waals surface area contributed by atoms with E-state index in [2.05, 4.69) is 20.6 Å². The van der Waals surface area contributed by atoms with Gasteiger partial charge in [0.1, 0.15) is 5.75 Å². The molecule has 0 amide bonds. The molecule has 0 spiro atoms. The summed E-state index contributed by atoms with van der Waals surface area (Å²) in [6, 6.07) is 15.3. The topological polar surface area (TPSA) is 72.0 Å². The van der Waals surface area contributed by atoms with Crippen LogP contribution in [0.2, 0.25) is 0 Å². The molecule has 0 unspecified atom stereocenters. The van der Waals surface area contributed by atoms with Gasteiger partial charge in [-0.05, 0) is 42.5 Å². The first-order chi connectivity index (χ1) is 13.6. The number of esters is 1. The van der Waals surface area contributed by atoms with Crippen LogP contribution in [-0.2, 0) is 9.53 Å². The van der Waals surface area contributed by atoms with Crippen molar-refractivity contribution in [3.05, 3.63) is 54.1 Å². The van der Waals surface area contributed by atoms with Crippen LogP contribution in [0.5, 0.6) is 5.75 Å². The van der Waals surface area contributed by atoms with Crippen molar-refractivity contribution in [2.45, 2.75) is 11.3 Å². The summed E-state index contributed by atoms with van der Waals surface area (Å²) in [5.74, 6) is 1.25. The van der Waals surface area contributed by atoms with Gasteiger partial charge in [-0.25, -0.2) is 0 Å². The van der Waals surface area contributed by atoms with Gasteiger partial charge in [-0.3, -0.25) is 10.2 Å². The number of nitrogens with zero attached hydrogens (tertiary/aromatic N) is 1. The Kier molecular flexibility index (Phi) is 9.67. The molecule has 0 aliphatic carbocycles. The van der Waals surface area contributed by atoms with Crippen LogP contribution in [0.1, 0.15) is 12.0 Å². The largest absolute Gasteiger partial charge is 0.497 e. The summed E-state index contributed by atoms with van der Waals surface area (Å²) in [4.78, 5) is 12.2. The number of hydrogen-bond donors (Lipinski definition) is 2. The molecule has 0 fully saturated rings. The molecule has 0 radical (unpaired) electrons. The van der Waals surface area contributed by atoms with Gasteiger partial charge in [0.2, 0.25) is 0 Å². The second kappa shape index (κ2) is 12.3. The highest BCUT2D eigenvalue weighted by molar-refractivity contribution is 8.76. The van der Waals surface area contributed by atoms with E-state index in [9.17, 15) is 4.79 Å². The van der Waals surface area contributed by atoms with E-state index in [1.165, 1.54) is 7.11 Å². The number of hydrazone groups is 1. The van der Waals surface area contributed by atoms with E-state index in [4.69, 9.17) is 17.0 Å². The summed E-state index contributed by atoms with van der Waals surface area (Å²) in [6.07, 6.45) is 2.10. The Morgan fingerprint density at radius 2 is 1.93 bits per heavy atom. The van der Waals surface area contributed by atoms with Gasteiger partial charge in [0.25, 0.3) is 0 Å². The number of benzene rings is 2. The summed E-state index contributed by atoms with van der Waals surface area (Å²) < 4.78 is 9.77. The first-order valence-corrected chi connectivity index (χ1v) is 11.0. The summed E-state index contributed by atoms with van der Waals surface area (Å²) >= 11 is 5.25. The highest BCUT2D eigenvalue weighted by atomic mass is 33.1. The number of thiocarbonyl (C=S) groups is 1. The number of ether oxygens (including phenoxy) is 2. The van der Waals surface area contributed by atoms with Crippen LogP contribution < -0.4 is 15.5 Å². The van der Waals surface area contributed by atoms with E-state index in [0.29, 0.717) is 17.3 Å². The molecule has 28 heavy (non-hydrogen) atoms. The van der Waals surface area contributed by atoms with Crippen molar-refractivity contribution in [2.24, 2.45) is 5.10 Å². The molecule has 0 aliphatic heterocycles. The third-order valence-electron chi connectivity index (χ3n) is 3.40. The average molecular weight is 436 g/mol. The number of hydrogen-bond acceptors (Lipinski definition) is 7. The smallest absolute Gasteiger partial charge is 0.306 e. The Hall–Kier alpha value is -2.23. The zero-order valence-corrected chi connectivity index (χ0v) is 18.0. The van der Waals surface area contributed by atoms with Gasteiger partial charge >= 0.3 is 5.97 Å². The fourth-order valence-corrected chi connectivity index (χ4v) is 4.31. The lowest BCUT2D eigenvalue weighted by Crippen LogP contribution is -2.23. The zero-order valence-electron chi connectivity index (χ0n) is 15.5. The van der Waals surface area contributed by atoms with Crippen LogP contribution in [-0.4, -0.2) is 37.3 Å². The molecule has 0 aliphatic rings. The molecule has 2 N–H and O–H groups in total. The van der Waals surface area contributed by atoms with Gasteiger partial charge in [0.05, 0.1) is 26.9 Å². The normalized spacial score (nSPS) is 10.5. The van der Waals surface area contributed by atoms with Gasteiger partial charge in [0.15, 0.2) is 5.11 Å². The van der Waals surface area contributed by atoms with Gasteiger partial charge in [0, 0.05) is 21.9 Å². The van der Waals surface area contributed by atoms with Crippen LogP contribution in [0, 0.1) is 0 Å². The minimum Gasteiger partial charge on any atom is -0.497 e. The summed E-state index contributed by atoms with van der Waals surface area (Å²) in [5.41, 5.74) is 4.60. The predicted octanol–water partition coefficient (Wildman–Crippen LogP) is 4.32. The molecule has 0 atom stereocenters. The molecular weight excluding hydrogens is 414 g/mol. The Balaban J connectivity index is 1.84. The number of anilines is 1. The van der Waals surface area contributed by atoms with Crippen LogP contribution in [0.3, 0.4) is 0 Å². The first kappa shape index (κ1) is 22.1. The maximum absolute atomic E-state index is 11.2. The lowest BCUT2D eigenvalue weighted by Gasteiger charge is -2.08. The maximum Gasteiger partial charge on any atom is 0.306 e. The fraction of sp³-hybridized carbons (Fsp3) is 0.211. The molecule has 0 heterocycles. The summed E-state index contributed by atoms with van der Waals surface area (Å²) in [5, 5.41) is 7.64. The molecule has 148 valence electrons. The maximum atomic E-state index is 11.2. The third kappa shape index (κ3) is 7.79. The van der Waals surface area contributed by atoms with Crippen molar-refractivity contribution >= 4 is 56.8 Å². The lowest BCUT2D eigenvalue weighted by molar-refractivity contribution is -0.140. The molecular formula is C19H21N3O3S3. The van der Waals surface area contributed by atoms with E-state index < -0.39 is 0 Å². The van der Waals surface area contributed by atoms with Crippen LogP contribution in [0.15, 0.2) is 58.5 Å². The van der Waals surface area contributed by atoms with Gasteiger partial charge < -0.3 is 14.8 Å². The molecule has 0 bridgehead atoms. The Labute approximate surface area is 177 Å². The van der Waals surface area contributed by atoms with Gasteiger partial charge in [-0.2, -0.15) is 5.10 Å². The molecule has 2 aromatic rings. The molecule has 6 nitrogen and oxygen atoms in total. The van der Waals surface area contributed by atoms with Crippen LogP contribution in [0.4, 0.5) is 5.69 Å². The third-order valence-corrected chi connectivity index (χ3v) is 6.03. The molecule has 0 aromatic heterocycles. The number of rotatable bonds is 9. The number of nitrogens with one attached hydrogen (secondary N) is 2. The van der Waals surface area contributed by atoms with Crippen molar-refractivity contribution in [1.82, 2.24) is 5.43 Å². The molecule has 0 saturated heterocycles. The van der Waals surface area contributed by atoms with Crippen molar-refractivity contribution in [1.29, 1.82) is 0 Å². The summed E-state index contributed by atoms with van der Waals surface area (Å²) in [7, 11) is 6.21. The molecule has 9 heteroatoms. The number of carbonyl (C=O) groups excluding carboxylic acids is 1. The second-order valence-corrected chi connectivity index (χ2v) is 8.19. The van der Waals surface area contributed by atoms with Crippen molar-refractivity contribution in [2.75, 3.05) is 25.3 Å².